The van der Waals surface area contributed by atoms with Crippen LogP contribution in [-0.2, 0) is 0 Å². The molecule has 0 saturated carbocycles. The van der Waals surface area contributed by atoms with E-state index in [0.29, 0.717) is 29.0 Å². The molecule has 1 saturated heterocycles. The first-order valence-electron chi connectivity index (χ1n) is 6.57. The molecule has 0 spiro atoms. The maximum atomic E-state index is 11.1. The second-order valence-corrected chi connectivity index (χ2v) is 5.65. The highest BCUT2D eigenvalue weighted by Crippen LogP contribution is 2.32. The van der Waals surface area contributed by atoms with Gasteiger partial charge in [0.05, 0.1) is 10.7 Å². The first kappa shape index (κ1) is 14.2. The molecule has 5 heteroatoms. The van der Waals surface area contributed by atoms with E-state index in [9.17, 15) is 4.79 Å². The average molecular weight is 282 g/mol. The third-order valence-electron chi connectivity index (χ3n) is 3.99. The number of piperidine rings is 1. The molecule has 4 N–H and O–H groups in total. The standard InChI is InChI=1S/C14H20ClN3O/c1-9-4-5-18(8-11(9)7-16)13-3-2-10(14(17)19)6-12(13)15/h2-3,6,9,11H,4-5,7-8,16H2,1H3,(H2,17,19). The first-order chi connectivity index (χ1) is 9.02. The van der Waals surface area contributed by atoms with Crippen LogP contribution in [0, 0.1) is 11.8 Å². The molecule has 2 unspecified atom stereocenters. The lowest BCUT2D eigenvalue weighted by Gasteiger charge is -2.38. The van der Waals surface area contributed by atoms with Crippen LogP contribution in [0.2, 0.25) is 5.02 Å². The highest BCUT2D eigenvalue weighted by atomic mass is 35.5. The minimum absolute atomic E-state index is 0.439. The zero-order chi connectivity index (χ0) is 14.0. The van der Waals surface area contributed by atoms with Crippen molar-refractivity contribution in [3.05, 3.63) is 28.8 Å². The minimum Gasteiger partial charge on any atom is -0.370 e. The molecule has 0 aliphatic carbocycles. The molecule has 0 radical (unpaired) electrons. The second-order valence-electron chi connectivity index (χ2n) is 5.24. The Morgan fingerprint density at radius 3 is 2.84 bits per heavy atom. The van der Waals surface area contributed by atoms with Crippen molar-refractivity contribution in [2.24, 2.45) is 23.3 Å². The average Bonchev–Trinajstić information content (AvgIpc) is 2.39. The summed E-state index contributed by atoms with van der Waals surface area (Å²) in [5.74, 6) is 0.672. The molecule has 2 rings (SSSR count). The van der Waals surface area contributed by atoms with Crippen LogP contribution in [-0.4, -0.2) is 25.5 Å². The number of anilines is 1. The quantitative estimate of drug-likeness (QED) is 0.888. The summed E-state index contributed by atoms with van der Waals surface area (Å²) in [5.41, 5.74) is 12.5. The second kappa shape index (κ2) is 5.80. The van der Waals surface area contributed by atoms with Gasteiger partial charge in [-0.15, -0.1) is 0 Å². The molecule has 19 heavy (non-hydrogen) atoms. The Balaban J connectivity index is 2.20. The van der Waals surface area contributed by atoms with Crippen LogP contribution >= 0.6 is 11.6 Å². The van der Waals surface area contributed by atoms with Gasteiger partial charge in [-0.25, -0.2) is 0 Å². The van der Waals surface area contributed by atoms with E-state index in [4.69, 9.17) is 23.1 Å². The lowest BCUT2D eigenvalue weighted by atomic mass is 9.87. The number of benzene rings is 1. The zero-order valence-electron chi connectivity index (χ0n) is 11.1. The molecule has 1 aromatic carbocycles. The van der Waals surface area contributed by atoms with Crippen LogP contribution in [0.15, 0.2) is 18.2 Å². The molecule has 104 valence electrons. The van der Waals surface area contributed by atoms with E-state index in [0.717, 1.165) is 25.2 Å². The third-order valence-corrected chi connectivity index (χ3v) is 4.29. The summed E-state index contributed by atoms with van der Waals surface area (Å²) in [7, 11) is 0. The molecule has 1 heterocycles. The van der Waals surface area contributed by atoms with Crippen LogP contribution in [0.25, 0.3) is 0 Å². The molecular formula is C14H20ClN3O. The normalized spacial score (nSPS) is 23.4. The summed E-state index contributed by atoms with van der Waals surface area (Å²) in [6.45, 7) is 4.81. The van der Waals surface area contributed by atoms with E-state index in [1.165, 1.54) is 0 Å². The van der Waals surface area contributed by atoms with E-state index in [2.05, 4.69) is 11.8 Å². The maximum Gasteiger partial charge on any atom is 0.248 e. The van der Waals surface area contributed by atoms with Gasteiger partial charge < -0.3 is 16.4 Å². The SMILES string of the molecule is CC1CCN(c2ccc(C(N)=O)cc2Cl)CC1CN. The summed E-state index contributed by atoms with van der Waals surface area (Å²) in [5, 5.41) is 0.571. The lowest BCUT2D eigenvalue weighted by Crippen LogP contribution is -2.42. The Bertz CT molecular complexity index is 478. The summed E-state index contributed by atoms with van der Waals surface area (Å²) >= 11 is 6.25. The number of primary amides is 1. The number of halogens is 1. The van der Waals surface area contributed by atoms with Gasteiger partial charge in [-0.1, -0.05) is 18.5 Å². The fourth-order valence-corrected chi connectivity index (χ4v) is 2.89. The van der Waals surface area contributed by atoms with Crippen molar-refractivity contribution >= 4 is 23.2 Å². The van der Waals surface area contributed by atoms with Gasteiger partial charge in [0.25, 0.3) is 0 Å². The molecule has 0 bridgehead atoms. The molecule has 0 aromatic heterocycles. The van der Waals surface area contributed by atoms with E-state index in [1.807, 2.05) is 6.07 Å². The minimum atomic E-state index is -0.458. The predicted molar refractivity (Wildman–Crippen MR) is 78.5 cm³/mol. The highest BCUT2D eigenvalue weighted by molar-refractivity contribution is 6.33. The maximum absolute atomic E-state index is 11.1. The van der Waals surface area contributed by atoms with Gasteiger partial charge in [0, 0.05) is 18.7 Å². The third kappa shape index (κ3) is 3.01. The van der Waals surface area contributed by atoms with Crippen molar-refractivity contribution in [1.82, 2.24) is 0 Å². The topological polar surface area (TPSA) is 72.3 Å². The summed E-state index contributed by atoms with van der Waals surface area (Å²) in [4.78, 5) is 13.4. The zero-order valence-corrected chi connectivity index (χ0v) is 11.9. The predicted octanol–water partition coefficient (Wildman–Crippen LogP) is 1.86. The largest absolute Gasteiger partial charge is 0.370 e. The number of amides is 1. The Morgan fingerprint density at radius 2 is 2.26 bits per heavy atom. The number of hydrogen-bond acceptors (Lipinski definition) is 3. The van der Waals surface area contributed by atoms with Gasteiger partial charge in [-0.05, 0) is 43.0 Å². The molecule has 4 nitrogen and oxygen atoms in total. The summed E-state index contributed by atoms with van der Waals surface area (Å²) < 4.78 is 0. The summed E-state index contributed by atoms with van der Waals surface area (Å²) in [6, 6.07) is 5.22. The van der Waals surface area contributed by atoms with Crippen molar-refractivity contribution in [2.45, 2.75) is 13.3 Å². The van der Waals surface area contributed by atoms with Crippen LogP contribution in [0.3, 0.4) is 0 Å². The van der Waals surface area contributed by atoms with Crippen LogP contribution in [0.5, 0.6) is 0 Å². The molecule has 1 aliphatic heterocycles. The molecular weight excluding hydrogens is 262 g/mol. The number of rotatable bonds is 3. The molecule has 1 aromatic rings. The Hall–Kier alpha value is -1.26. The number of nitrogens with zero attached hydrogens (tertiary/aromatic N) is 1. The monoisotopic (exact) mass is 281 g/mol. The Labute approximate surface area is 118 Å². The van der Waals surface area contributed by atoms with Gasteiger partial charge in [-0.2, -0.15) is 0 Å². The van der Waals surface area contributed by atoms with Gasteiger partial charge in [0.2, 0.25) is 5.91 Å². The fraction of sp³-hybridized carbons (Fsp3) is 0.500. The molecule has 1 fully saturated rings. The number of nitrogens with two attached hydrogens (primary N) is 2. The number of carbonyl (C=O) groups excluding carboxylic acids is 1. The van der Waals surface area contributed by atoms with E-state index in [-0.39, 0.29) is 0 Å². The van der Waals surface area contributed by atoms with Crippen LogP contribution in [0.1, 0.15) is 23.7 Å². The van der Waals surface area contributed by atoms with E-state index < -0.39 is 5.91 Å². The van der Waals surface area contributed by atoms with E-state index in [1.54, 1.807) is 12.1 Å². The summed E-state index contributed by atoms with van der Waals surface area (Å²) in [6.07, 6.45) is 1.11. The van der Waals surface area contributed by atoms with Crippen molar-refractivity contribution in [1.29, 1.82) is 0 Å². The van der Waals surface area contributed by atoms with Crippen LogP contribution < -0.4 is 16.4 Å². The first-order valence-corrected chi connectivity index (χ1v) is 6.95. The number of hydrogen-bond donors (Lipinski definition) is 2. The van der Waals surface area contributed by atoms with Gasteiger partial charge in [-0.3, -0.25) is 4.79 Å². The fourth-order valence-electron chi connectivity index (χ4n) is 2.59. The van der Waals surface area contributed by atoms with Gasteiger partial charge in [0.15, 0.2) is 0 Å². The van der Waals surface area contributed by atoms with Crippen molar-refractivity contribution in [2.75, 3.05) is 24.5 Å². The van der Waals surface area contributed by atoms with Gasteiger partial charge >= 0.3 is 0 Å². The smallest absolute Gasteiger partial charge is 0.248 e. The van der Waals surface area contributed by atoms with Crippen molar-refractivity contribution < 1.29 is 4.79 Å². The van der Waals surface area contributed by atoms with Gasteiger partial charge in [0.1, 0.15) is 0 Å². The molecule has 1 aliphatic rings. The number of carbonyl (C=O) groups is 1. The Morgan fingerprint density at radius 1 is 1.53 bits per heavy atom. The van der Waals surface area contributed by atoms with Crippen molar-refractivity contribution in [3.63, 3.8) is 0 Å². The molecule has 1 amide bonds. The lowest BCUT2D eigenvalue weighted by molar-refractivity contribution is 0.100. The highest BCUT2D eigenvalue weighted by Gasteiger charge is 2.26. The van der Waals surface area contributed by atoms with Crippen LogP contribution in [0.4, 0.5) is 5.69 Å². The Kier molecular flexibility index (Phi) is 4.32. The van der Waals surface area contributed by atoms with Crippen molar-refractivity contribution in [3.8, 4) is 0 Å². The van der Waals surface area contributed by atoms with E-state index >= 15 is 0 Å². The molecule has 2 atom stereocenters.